The summed E-state index contributed by atoms with van der Waals surface area (Å²) in [5.41, 5.74) is 9.16. The number of anilines is 1. The van der Waals surface area contributed by atoms with E-state index in [9.17, 15) is 10.1 Å². The number of thiazole rings is 1. The highest BCUT2D eigenvalue weighted by Gasteiger charge is 2.09. The molecular formula is C15H11N3O2S. The van der Waals surface area contributed by atoms with Crippen LogP contribution in [0, 0.1) is 10.1 Å². The first kappa shape index (κ1) is 13.3. The lowest BCUT2D eigenvalue weighted by atomic mass is 10.1. The summed E-state index contributed by atoms with van der Waals surface area (Å²) in [4.78, 5) is 14.8. The molecule has 3 aromatic rings. The Morgan fingerprint density at radius 2 is 1.86 bits per heavy atom. The van der Waals surface area contributed by atoms with Crippen molar-refractivity contribution in [3.05, 3.63) is 64.0 Å². The molecule has 2 aromatic carbocycles. The van der Waals surface area contributed by atoms with E-state index in [1.807, 2.05) is 29.6 Å². The molecule has 1 aromatic heterocycles. The van der Waals surface area contributed by atoms with E-state index in [4.69, 9.17) is 5.73 Å². The van der Waals surface area contributed by atoms with Gasteiger partial charge in [0, 0.05) is 34.3 Å². The van der Waals surface area contributed by atoms with Crippen LogP contribution in [-0.4, -0.2) is 9.91 Å². The largest absolute Gasteiger partial charge is 0.399 e. The van der Waals surface area contributed by atoms with E-state index in [1.54, 1.807) is 12.1 Å². The molecule has 0 radical (unpaired) electrons. The number of non-ortho nitro benzene ring substituents is 1. The molecule has 0 saturated carbocycles. The van der Waals surface area contributed by atoms with Crippen LogP contribution in [0.15, 0.2) is 53.9 Å². The maximum absolute atomic E-state index is 10.6. The highest BCUT2D eigenvalue weighted by molar-refractivity contribution is 7.13. The second-order valence-electron chi connectivity index (χ2n) is 4.47. The lowest BCUT2D eigenvalue weighted by Crippen LogP contribution is -1.87. The molecule has 2 N–H and O–H groups in total. The number of nitro groups is 1. The fourth-order valence-electron chi connectivity index (χ4n) is 1.96. The number of nitrogens with zero attached hydrogens (tertiary/aromatic N) is 2. The third kappa shape index (κ3) is 2.75. The molecule has 104 valence electrons. The summed E-state index contributed by atoms with van der Waals surface area (Å²) in [6, 6.07) is 13.9. The molecule has 0 aliphatic rings. The first-order valence-electron chi connectivity index (χ1n) is 6.20. The minimum absolute atomic E-state index is 0.0741. The molecule has 0 unspecified atom stereocenters. The topological polar surface area (TPSA) is 82.0 Å². The van der Waals surface area contributed by atoms with Gasteiger partial charge in [0.05, 0.1) is 10.6 Å². The van der Waals surface area contributed by atoms with Gasteiger partial charge >= 0.3 is 0 Å². The Labute approximate surface area is 124 Å². The summed E-state index contributed by atoms with van der Waals surface area (Å²) in [7, 11) is 0. The summed E-state index contributed by atoms with van der Waals surface area (Å²) in [5.74, 6) is 0. The van der Waals surface area contributed by atoms with Crippen LogP contribution in [-0.2, 0) is 0 Å². The zero-order valence-electron chi connectivity index (χ0n) is 10.9. The lowest BCUT2D eigenvalue weighted by molar-refractivity contribution is -0.384. The van der Waals surface area contributed by atoms with E-state index in [-0.39, 0.29) is 5.69 Å². The summed E-state index contributed by atoms with van der Waals surface area (Å²) in [6.07, 6.45) is 0. The third-order valence-corrected chi connectivity index (χ3v) is 3.90. The number of hydrogen-bond acceptors (Lipinski definition) is 5. The fraction of sp³-hybridized carbons (Fsp3) is 0. The van der Waals surface area contributed by atoms with Gasteiger partial charge in [0.15, 0.2) is 0 Å². The molecule has 0 fully saturated rings. The smallest absolute Gasteiger partial charge is 0.269 e. The fourth-order valence-corrected chi connectivity index (χ4v) is 2.79. The van der Waals surface area contributed by atoms with Gasteiger partial charge in [0.1, 0.15) is 5.01 Å². The zero-order valence-corrected chi connectivity index (χ0v) is 11.7. The predicted octanol–water partition coefficient (Wildman–Crippen LogP) is 3.97. The molecule has 21 heavy (non-hydrogen) atoms. The van der Waals surface area contributed by atoms with Gasteiger partial charge in [-0.1, -0.05) is 12.1 Å². The van der Waals surface area contributed by atoms with Gasteiger partial charge in [-0.15, -0.1) is 11.3 Å². The van der Waals surface area contributed by atoms with E-state index in [0.29, 0.717) is 5.69 Å². The highest BCUT2D eigenvalue weighted by atomic mass is 32.1. The number of nitro benzene ring substituents is 1. The third-order valence-electron chi connectivity index (χ3n) is 3.01. The Morgan fingerprint density at radius 3 is 2.52 bits per heavy atom. The van der Waals surface area contributed by atoms with Crippen molar-refractivity contribution in [2.75, 3.05) is 5.73 Å². The van der Waals surface area contributed by atoms with Gasteiger partial charge in [-0.2, -0.15) is 0 Å². The van der Waals surface area contributed by atoms with E-state index in [2.05, 4.69) is 4.98 Å². The van der Waals surface area contributed by atoms with E-state index in [1.165, 1.54) is 23.5 Å². The standard InChI is InChI=1S/C15H11N3O2S/c16-12-3-1-2-11(8-12)15-17-14(9-21-15)10-4-6-13(7-5-10)18(19)20/h1-9H,16H2. The minimum Gasteiger partial charge on any atom is -0.399 e. The van der Waals surface area contributed by atoms with Crippen LogP contribution in [0.3, 0.4) is 0 Å². The Morgan fingerprint density at radius 1 is 1.10 bits per heavy atom. The van der Waals surface area contributed by atoms with E-state index >= 15 is 0 Å². The molecule has 0 aliphatic heterocycles. The van der Waals surface area contributed by atoms with Crippen molar-refractivity contribution in [3.63, 3.8) is 0 Å². The Hall–Kier alpha value is -2.73. The van der Waals surface area contributed by atoms with Crippen LogP contribution in [0.25, 0.3) is 21.8 Å². The van der Waals surface area contributed by atoms with Crippen molar-refractivity contribution in [2.24, 2.45) is 0 Å². The molecule has 0 bridgehead atoms. The van der Waals surface area contributed by atoms with Gasteiger partial charge in [0.2, 0.25) is 0 Å². The number of benzene rings is 2. The summed E-state index contributed by atoms with van der Waals surface area (Å²) >= 11 is 1.52. The van der Waals surface area contributed by atoms with Gasteiger partial charge in [-0.25, -0.2) is 4.98 Å². The number of aromatic nitrogens is 1. The molecule has 1 heterocycles. The van der Waals surface area contributed by atoms with Gasteiger partial charge < -0.3 is 5.73 Å². The van der Waals surface area contributed by atoms with E-state index < -0.39 is 4.92 Å². The van der Waals surface area contributed by atoms with Crippen molar-refractivity contribution < 1.29 is 4.92 Å². The SMILES string of the molecule is Nc1cccc(-c2nc(-c3ccc([N+](=O)[O-])cc3)cs2)c1. The number of nitrogens with two attached hydrogens (primary N) is 1. The molecule has 0 spiro atoms. The summed E-state index contributed by atoms with van der Waals surface area (Å²) in [5, 5.41) is 13.5. The lowest BCUT2D eigenvalue weighted by Gasteiger charge is -1.98. The van der Waals surface area contributed by atoms with Crippen molar-refractivity contribution in [1.29, 1.82) is 0 Å². The van der Waals surface area contributed by atoms with Crippen LogP contribution in [0.4, 0.5) is 11.4 Å². The Balaban J connectivity index is 1.93. The number of nitrogen functional groups attached to an aromatic ring is 1. The van der Waals surface area contributed by atoms with Crippen molar-refractivity contribution in [1.82, 2.24) is 4.98 Å². The van der Waals surface area contributed by atoms with Crippen molar-refractivity contribution in [2.45, 2.75) is 0 Å². The van der Waals surface area contributed by atoms with Gasteiger partial charge in [-0.3, -0.25) is 10.1 Å². The molecule has 0 atom stereocenters. The molecule has 0 saturated heterocycles. The Kier molecular flexibility index (Phi) is 3.37. The molecule has 0 aliphatic carbocycles. The summed E-state index contributed by atoms with van der Waals surface area (Å²) in [6.45, 7) is 0. The summed E-state index contributed by atoms with van der Waals surface area (Å²) < 4.78 is 0. The first-order valence-corrected chi connectivity index (χ1v) is 7.08. The van der Waals surface area contributed by atoms with Gasteiger partial charge in [-0.05, 0) is 24.3 Å². The first-order chi connectivity index (χ1) is 10.1. The van der Waals surface area contributed by atoms with Crippen molar-refractivity contribution >= 4 is 22.7 Å². The molecule has 0 amide bonds. The monoisotopic (exact) mass is 297 g/mol. The highest BCUT2D eigenvalue weighted by Crippen LogP contribution is 2.30. The number of hydrogen-bond donors (Lipinski definition) is 1. The quantitative estimate of drug-likeness (QED) is 0.450. The molecule has 5 nitrogen and oxygen atoms in total. The minimum atomic E-state index is -0.414. The second kappa shape index (κ2) is 5.34. The number of rotatable bonds is 3. The van der Waals surface area contributed by atoms with E-state index in [0.717, 1.165) is 21.8 Å². The van der Waals surface area contributed by atoms with Gasteiger partial charge in [0.25, 0.3) is 5.69 Å². The average Bonchev–Trinajstić information content (AvgIpc) is 2.97. The van der Waals surface area contributed by atoms with Crippen molar-refractivity contribution in [3.8, 4) is 21.8 Å². The van der Waals surface area contributed by atoms with Crippen LogP contribution in [0.5, 0.6) is 0 Å². The normalized spacial score (nSPS) is 10.5. The predicted molar refractivity (Wildman–Crippen MR) is 84.1 cm³/mol. The second-order valence-corrected chi connectivity index (χ2v) is 5.33. The van der Waals surface area contributed by atoms with Crippen LogP contribution in [0.2, 0.25) is 0 Å². The van der Waals surface area contributed by atoms with Crippen LogP contribution >= 0.6 is 11.3 Å². The van der Waals surface area contributed by atoms with Crippen LogP contribution < -0.4 is 5.73 Å². The molecule has 6 heteroatoms. The molecule has 3 rings (SSSR count). The maximum Gasteiger partial charge on any atom is 0.269 e. The molecular weight excluding hydrogens is 286 g/mol. The zero-order chi connectivity index (χ0) is 14.8. The average molecular weight is 297 g/mol. The van der Waals surface area contributed by atoms with Crippen LogP contribution in [0.1, 0.15) is 0 Å². The maximum atomic E-state index is 10.6. The Bertz CT molecular complexity index is 797.